The molecule has 232 valence electrons. The van der Waals surface area contributed by atoms with E-state index >= 15 is 0 Å². The van der Waals surface area contributed by atoms with Gasteiger partial charge in [0.05, 0.1) is 32.0 Å². The van der Waals surface area contributed by atoms with E-state index in [0.717, 1.165) is 13.6 Å². The van der Waals surface area contributed by atoms with Gasteiger partial charge in [0.15, 0.2) is 4.80 Å². The van der Waals surface area contributed by atoms with Crippen molar-refractivity contribution in [3.63, 3.8) is 0 Å². The highest BCUT2D eigenvalue weighted by atomic mass is 127. The fourth-order valence-corrected chi connectivity index (χ4v) is 8.04. The first-order chi connectivity index (χ1) is 22.2. The second-order valence-electron chi connectivity index (χ2n) is 10.2. The number of ether oxygens (including phenoxy) is 2. The van der Waals surface area contributed by atoms with Crippen LogP contribution in [0.1, 0.15) is 35.2 Å². The molecule has 2 heterocycles. The van der Waals surface area contributed by atoms with Crippen molar-refractivity contribution < 1.29 is 18.7 Å². The minimum atomic E-state index is -0.910. The van der Waals surface area contributed by atoms with E-state index in [-0.39, 0.29) is 24.3 Å². The van der Waals surface area contributed by atoms with Gasteiger partial charge in [0.1, 0.15) is 18.2 Å². The fraction of sp³-hybridized carbons (Fsp3) is 0.114. The van der Waals surface area contributed by atoms with Gasteiger partial charge in [0.2, 0.25) is 0 Å². The quantitative estimate of drug-likeness (QED) is 0.119. The molecule has 5 aromatic rings. The Morgan fingerprint density at radius 1 is 1.09 bits per heavy atom. The van der Waals surface area contributed by atoms with Crippen molar-refractivity contribution in [2.45, 2.75) is 19.6 Å². The van der Waals surface area contributed by atoms with Crippen LogP contribution in [0.5, 0.6) is 5.75 Å². The topological polar surface area (TPSA) is 69.9 Å². The van der Waals surface area contributed by atoms with E-state index in [1.165, 1.54) is 28.0 Å². The molecular formula is C35H24BrClFIN2O4S. The van der Waals surface area contributed by atoms with Crippen LogP contribution >= 0.6 is 61.5 Å². The van der Waals surface area contributed by atoms with Gasteiger partial charge in [-0.2, -0.15) is 0 Å². The number of carbonyl (C=O) groups excluding carboxylic acids is 1. The number of fused-ring (bicyclic) bond motifs is 1. The number of hydrogen-bond donors (Lipinski definition) is 0. The van der Waals surface area contributed by atoms with Crippen LogP contribution in [0.4, 0.5) is 4.39 Å². The summed E-state index contributed by atoms with van der Waals surface area (Å²) < 4.78 is 29.3. The molecule has 0 unspecified atom stereocenters. The third-order valence-corrected chi connectivity index (χ3v) is 9.82. The van der Waals surface area contributed by atoms with Crippen molar-refractivity contribution >= 4 is 79.2 Å². The Morgan fingerprint density at radius 2 is 1.80 bits per heavy atom. The number of nitrogens with zero attached hydrogens (tertiary/aromatic N) is 2. The van der Waals surface area contributed by atoms with E-state index in [9.17, 15) is 14.0 Å². The van der Waals surface area contributed by atoms with Crippen LogP contribution in [0, 0.1) is 9.39 Å². The zero-order chi connectivity index (χ0) is 32.4. The molecule has 0 spiro atoms. The lowest BCUT2D eigenvalue weighted by molar-refractivity contribution is -0.138. The molecule has 0 bridgehead atoms. The van der Waals surface area contributed by atoms with Crippen LogP contribution in [-0.4, -0.2) is 17.1 Å². The summed E-state index contributed by atoms with van der Waals surface area (Å²) >= 11 is 13.3. The van der Waals surface area contributed by atoms with Gasteiger partial charge in [-0.1, -0.05) is 99.5 Å². The molecule has 1 aliphatic rings. The summed E-state index contributed by atoms with van der Waals surface area (Å²) in [4.78, 5) is 33.2. The molecule has 0 fully saturated rings. The lowest BCUT2D eigenvalue weighted by Crippen LogP contribution is -2.40. The Labute approximate surface area is 294 Å². The van der Waals surface area contributed by atoms with Crippen LogP contribution in [0.15, 0.2) is 111 Å². The number of benzene rings is 4. The first-order valence-corrected chi connectivity index (χ1v) is 17.2. The second-order valence-corrected chi connectivity index (χ2v) is 13.7. The first-order valence-electron chi connectivity index (χ1n) is 14.1. The van der Waals surface area contributed by atoms with Gasteiger partial charge < -0.3 is 9.47 Å². The van der Waals surface area contributed by atoms with Gasteiger partial charge in [0, 0.05) is 26.2 Å². The highest BCUT2D eigenvalue weighted by Gasteiger charge is 2.35. The SMILES string of the molecule is CCOC(=O)C1=C(c2ccccc2)N=c2s/c(=C\c3cc(Br)cc(I)c3OCc3ccccc3Cl)c(=O)n2[C@@H]1c1ccc(F)cc1. The molecule has 0 radical (unpaired) electrons. The smallest absolute Gasteiger partial charge is 0.338 e. The Hall–Kier alpha value is -3.58. The van der Waals surface area contributed by atoms with Crippen LogP contribution in [-0.2, 0) is 16.1 Å². The zero-order valence-electron chi connectivity index (χ0n) is 24.2. The first kappa shape index (κ1) is 32.4. The molecule has 0 saturated carbocycles. The number of carbonyl (C=O) groups is 1. The molecule has 0 amide bonds. The largest absolute Gasteiger partial charge is 0.487 e. The summed E-state index contributed by atoms with van der Waals surface area (Å²) in [6.45, 7) is 2.07. The molecule has 46 heavy (non-hydrogen) atoms. The van der Waals surface area contributed by atoms with Crippen LogP contribution in [0.25, 0.3) is 11.8 Å². The molecule has 6 nitrogen and oxygen atoms in total. The number of aromatic nitrogens is 1. The Morgan fingerprint density at radius 3 is 2.52 bits per heavy atom. The van der Waals surface area contributed by atoms with Crippen LogP contribution in [0.2, 0.25) is 5.02 Å². The number of thiazole rings is 1. The summed E-state index contributed by atoms with van der Waals surface area (Å²) in [6.07, 6.45) is 1.76. The highest BCUT2D eigenvalue weighted by molar-refractivity contribution is 14.1. The fourth-order valence-electron chi connectivity index (χ4n) is 5.15. The lowest BCUT2D eigenvalue weighted by Gasteiger charge is -2.25. The van der Waals surface area contributed by atoms with Crippen molar-refractivity contribution in [3.05, 3.63) is 157 Å². The monoisotopic (exact) mass is 828 g/mol. The minimum Gasteiger partial charge on any atom is -0.487 e. The molecule has 6 rings (SSSR count). The van der Waals surface area contributed by atoms with Crippen molar-refractivity contribution in [2.24, 2.45) is 4.99 Å². The predicted molar refractivity (Wildman–Crippen MR) is 190 cm³/mol. The Bertz CT molecular complexity index is 2170. The molecule has 0 N–H and O–H groups in total. The highest BCUT2D eigenvalue weighted by Crippen LogP contribution is 2.36. The number of esters is 1. The number of halogens is 4. The minimum absolute atomic E-state index is 0.128. The van der Waals surface area contributed by atoms with Crippen LogP contribution < -0.4 is 19.6 Å². The maximum atomic E-state index is 14.3. The molecule has 1 atom stereocenters. The average Bonchev–Trinajstić information content (AvgIpc) is 3.35. The average molecular weight is 830 g/mol. The predicted octanol–water partition coefficient (Wildman–Crippen LogP) is 7.67. The van der Waals surface area contributed by atoms with Gasteiger partial charge >= 0.3 is 5.97 Å². The molecule has 1 aromatic heterocycles. The van der Waals surface area contributed by atoms with Crippen molar-refractivity contribution in [1.29, 1.82) is 0 Å². The third-order valence-electron chi connectivity index (χ3n) is 7.21. The van der Waals surface area contributed by atoms with Crippen molar-refractivity contribution in [2.75, 3.05) is 6.61 Å². The zero-order valence-corrected chi connectivity index (χ0v) is 29.5. The van der Waals surface area contributed by atoms with Gasteiger partial charge in [-0.05, 0) is 71.5 Å². The Balaban J connectivity index is 1.56. The summed E-state index contributed by atoms with van der Waals surface area (Å²) in [5.74, 6) is -0.456. The third kappa shape index (κ3) is 6.62. The Kier molecular flexibility index (Phi) is 9.88. The molecule has 0 aliphatic carbocycles. The molecular weight excluding hydrogens is 806 g/mol. The molecule has 0 saturated heterocycles. The van der Waals surface area contributed by atoms with E-state index in [2.05, 4.69) is 38.5 Å². The van der Waals surface area contributed by atoms with E-state index in [4.69, 9.17) is 26.1 Å². The lowest BCUT2D eigenvalue weighted by atomic mass is 9.93. The second kappa shape index (κ2) is 14.0. The number of hydrogen-bond acceptors (Lipinski definition) is 6. The molecule has 4 aromatic carbocycles. The van der Waals surface area contributed by atoms with E-state index < -0.39 is 17.8 Å². The summed E-state index contributed by atoms with van der Waals surface area (Å²) in [7, 11) is 0. The van der Waals surface area contributed by atoms with E-state index in [1.54, 1.807) is 31.2 Å². The summed E-state index contributed by atoms with van der Waals surface area (Å²) in [5, 5.41) is 0.594. The summed E-state index contributed by atoms with van der Waals surface area (Å²) in [5.41, 5.74) is 2.95. The van der Waals surface area contributed by atoms with Gasteiger partial charge in [-0.3, -0.25) is 9.36 Å². The maximum absolute atomic E-state index is 14.3. The van der Waals surface area contributed by atoms with Crippen molar-refractivity contribution in [1.82, 2.24) is 4.57 Å². The van der Waals surface area contributed by atoms with E-state index in [1.807, 2.05) is 60.7 Å². The molecule has 1 aliphatic heterocycles. The molecule has 11 heteroatoms. The standard InChI is InChI=1S/C35H24BrClFIN2O4S/c1-2-44-34(43)29-30(20-8-4-3-5-9-20)40-35-41(31(29)21-12-14-25(38)15-13-21)33(42)28(46-35)17-23-16-24(36)18-27(39)32(23)45-19-22-10-6-7-11-26(22)37/h3-18,31H,2,19H2,1H3/b28-17-/t31-/m1/s1. The number of rotatable bonds is 8. The van der Waals surface area contributed by atoms with Crippen molar-refractivity contribution in [3.8, 4) is 5.75 Å². The van der Waals surface area contributed by atoms with Gasteiger partial charge in [0.25, 0.3) is 5.56 Å². The summed E-state index contributed by atoms with van der Waals surface area (Å²) in [6, 6.07) is 25.4. The van der Waals surface area contributed by atoms with Crippen LogP contribution in [0.3, 0.4) is 0 Å². The normalized spacial score (nSPS) is 14.5. The van der Waals surface area contributed by atoms with Gasteiger partial charge in [-0.15, -0.1) is 0 Å². The maximum Gasteiger partial charge on any atom is 0.338 e. The van der Waals surface area contributed by atoms with E-state index in [0.29, 0.717) is 42.5 Å². The van der Waals surface area contributed by atoms with Gasteiger partial charge in [-0.25, -0.2) is 14.2 Å².